The Morgan fingerprint density at radius 2 is 1.10 bits per heavy atom. The first-order valence-electron chi connectivity index (χ1n) is 20.4. The van der Waals surface area contributed by atoms with Gasteiger partial charge in [0, 0.05) is 6.42 Å². The van der Waals surface area contributed by atoms with E-state index < -0.39 is 20.0 Å². The van der Waals surface area contributed by atoms with Gasteiger partial charge in [-0.1, -0.05) is 140 Å². The maximum atomic E-state index is 12.8. The van der Waals surface area contributed by atoms with Crippen molar-refractivity contribution in [3.63, 3.8) is 0 Å². The lowest BCUT2D eigenvalue weighted by molar-refractivity contribution is -0.870. The standard InChI is InChI=1S/C41H79N2O6P/c1-6-8-10-12-14-16-18-19-20-21-22-23-24-25-27-29-31-33-35-41(45)42-39(38-49-50(46,47)48-37-36-43(3,4)5)40(44)34-32-30-28-26-17-15-13-11-9-7-2/h17,20-21,26,32,34,39-40,44H,6-16,18-19,22-25,27-31,33,35-38H2,1-5H3,(H-,42,45,46,47)/p+1/b21-20-,26-17+,34-32+. The molecule has 0 heterocycles. The number of phosphoric ester groups is 1. The van der Waals surface area contributed by atoms with Crippen molar-refractivity contribution in [1.82, 2.24) is 5.32 Å². The fourth-order valence-corrected chi connectivity index (χ4v) is 6.26. The third-order valence-electron chi connectivity index (χ3n) is 8.83. The highest BCUT2D eigenvalue weighted by Crippen LogP contribution is 2.43. The third kappa shape index (κ3) is 35.1. The first kappa shape index (κ1) is 48.7. The SMILES string of the molecule is CCCCCC/C=C/CC/C=C/C(O)C(COP(=O)(O)OCC[N+](C)(C)C)NC(=O)CCCCCCCCC/C=C\CCCCCCCCC. The van der Waals surface area contributed by atoms with Gasteiger partial charge in [0.2, 0.25) is 5.91 Å². The van der Waals surface area contributed by atoms with Crippen LogP contribution < -0.4 is 5.32 Å². The van der Waals surface area contributed by atoms with Gasteiger partial charge >= 0.3 is 7.82 Å². The zero-order valence-corrected chi connectivity index (χ0v) is 34.0. The predicted molar refractivity (Wildman–Crippen MR) is 212 cm³/mol. The first-order chi connectivity index (χ1) is 24.0. The van der Waals surface area contributed by atoms with Gasteiger partial charge in [0.25, 0.3) is 0 Å². The maximum Gasteiger partial charge on any atom is 0.472 e. The number of aliphatic hydroxyl groups is 1. The van der Waals surface area contributed by atoms with Gasteiger partial charge in [0.05, 0.1) is 39.9 Å². The Morgan fingerprint density at radius 3 is 1.62 bits per heavy atom. The van der Waals surface area contributed by atoms with Gasteiger partial charge in [-0.15, -0.1) is 0 Å². The normalized spacial score (nSPS) is 14.9. The molecule has 3 N–H and O–H groups in total. The van der Waals surface area contributed by atoms with Crippen LogP contribution in [-0.4, -0.2) is 73.4 Å². The Hall–Kier alpha value is -1.28. The molecular weight excluding hydrogens is 647 g/mol. The molecule has 0 aromatic rings. The van der Waals surface area contributed by atoms with Crippen LogP contribution in [-0.2, 0) is 18.4 Å². The van der Waals surface area contributed by atoms with Gasteiger partial charge in [0.15, 0.2) is 0 Å². The van der Waals surface area contributed by atoms with E-state index in [1.807, 2.05) is 27.2 Å². The highest BCUT2D eigenvalue weighted by molar-refractivity contribution is 7.47. The highest BCUT2D eigenvalue weighted by atomic mass is 31.2. The second-order valence-electron chi connectivity index (χ2n) is 15.0. The summed E-state index contributed by atoms with van der Waals surface area (Å²) in [6.45, 7) is 4.73. The van der Waals surface area contributed by atoms with E-state index >= 15 is 0 Å². The maximum absolute atomic E-state index is 12.8. The van der Waals surface area contributed by atoms with Gasteiger partial charge < -0.3 is 19.8 Å². The van der Waals surface area contributed by atoms with Crippen molar-refractivity contribution < 1.29 is 32.9 Å². The van der Waals surface area contributed by atoms with Crippen molar-refractivity contribution in [2.24, 2.45) is 0 Å². The number of likely N-dealkylation sites (N-methyl/N-ethyl adjacent to an activating group) is 1. The highest BCUT2D eigenvalue weighted by Gasteiger charge is 2.27. The quantitative estimate of drug-likeness (QED) is 0.0257. The molecule has 0 saturated heterocycles. The fourth-order valence-electron chi connectivity index (χ4n) is 5.52. The van der Waals surface area contributed by atoms with Crippen LogP contribution in [0, 0.1) is 0 Å². The molecule has 3 atom stereocenters. The van der Waals surface area contributed by atoms with Crippen LogP contribution in [0.25, 0.3) is 0 Å². The molecular formula is C41H80N2O6P+. The molecule has 9 heteroatoms. The van der Waals surface area contributed by atoms with Crippen LogP contribution >= 0.6 is 7.82 Å². The molecule has 0 aromatic heterocycles. The van der Waals surface area contributed by atoms with Crippen molar-refractivity contribution in [2.75, 3.05) is 40.9 Å². The fraction of sp³-hybridized carbons (Fsp3) is 0.829. The lowest BCUT2D eigenvalue weighted by Crippen LogP contribution is -2.45. The second-order valence-corrected chi connectivity index (χ2v) is 16.5. The molecule has 0 aliphatic heterocycles. The minimum Gasteiger partial charge on any atom is -0.387 e. The number of allylic oxidation sites excluding steroid dienone is 5. The van der Waals surface area contributed by atoms with E-state index in [9.17, 15) is 19.4 Å². The predicted octanol–water partition coefficient (Wildman–Crippen LogP) is 10.7. The average molecular weight is 728 g/mol. The van der Waals surface area contributed by atoms with E-state index in [1.165, 1.54) is 109 Å². The molecule has 50 heavy (non-hydrogen) atoms. The summed E-state index contributed by atoms with van der Waals surface area (Å²) in [5.41, 5.74) is 0. The van der Waals surface area contributed by atoms with Gasteiger partial charge in [-0.25, -0.2) is 4.57 Å². The lowest BCUT2D eigenvalue weighted by atomic mass is 10.1. The van der Waals surface area contributed by atoms with Crippen LogP contribution in [0.3, 0.4) is 0 Å². The van der Waals surface area contributed by atoms with E-state index in [2.05, 4.69) is 43.5 Å². The van der Waals surface area contributed by atoms with Gasteiger partial charge in [0.1, 0.15) is 13.2 Å². The largest absolute Gasteiger partial charge is 0.472 e. The number of phosphoric acid groups is 1. The summed E-state index contributed by atoms with van der Waals surface area (Å²) in [4.78, 5) is 23.0. The minimum atomic E-state index is -4.34. The smallest absolute Gasteiger partial charge is 0.387 e. The van der Waals surface area contributed by atoms with Gasteiger partial charge in [-0.05, 0) is 57.8 Å². The van der Waals surface area contributed by atoms with Crippen molar-refractivity contribution in [1.29, 1.82) is 0 Å². The van der Waals surface area contributed by atoms with E-state index in [1.54, 1.807) is 6.08 Å². The topological polar surface area (TPSA) is 105 Å². The summed E-state index contributed by atoms with van der Waals surface area (Å²) in [6, 6.07) is -0.861. The molecule has 0 saturated carbocycles. The van der Waals surface area contributed by atoms with Crippen LogP contribution in [0.4, 0.5) is 0 Å². The molecule has 3 unspecified atom stereocenters. The van der Waals surface area contributed by atoms with Crippen molar-refractivity contribution in [3.8, 4) is 0 Å². The number of nitrogens with one attached hydrogen (secondary N) is 1. The van der Waals surface area contributed by atoms with Crippen LogP contribution in [0.15, 0.2) is 36.5 Å². The molecule has 0 fully saturated rings. The van der Waals surface area contributed by atoms with Crippen molar-refractivity contribution in [2.45, 2.75) is 180 Å². The number of hydrogen-bond acceptors (Lipinski definition) is 5. The summed E-state index contributed by atoms with van der Waals surface area (Å²) in [7, 11) is 1.55. The molecule has 0 aromatic carbocycles. The molecule has 0 bridgehead atoms. The van der Waals surface area contributed by atoms with Crippen LogP contribution in [0.5, 0.6) is 0 Å². The molecule has 0 aliphatic carbocycles. The summed E-state index contributed by atoms with van der Waals surface area (Å²) < 4.78 is 23.4. The Kier molecular flexibility index (Phi) is 32.7. The number of aliphatic hydroxyl groups excluding tert-OH is 1. The summed E-state index contributed by atoms with van der Waals surface area (Å²) >= 11 is 0. The molecule has 0 rings (SSSR count). The van der Waals surface area contributed by atoms with Crippen LogP contribution in [0.2, 0.25) is 0 Å². The molecule has 0 radical (unpaired) electrons. The Balaban J connectivity index is 4.44. The van der Waals surface area contributed by atoms with Crippen LogP contribution in [0.1, 0.15) is 168 Å². The monoisotopic (exact) mass is 728 g/mol. The molecule has 294 valence electrons. The van der Waals surface area contributed by atoms with E-state index in [0.717, 1.165) is 38.5 Å². The number of unbranched alkanes of at least 4 members (excludes halogenated alkanes) is 19. The Morgan fingerprint density at radius 1 is 0.660 bits per heavy atom. The van der Waals surface area contributed by atoms with E-state index in [4.69, 9.17) is 9.05 Å². The Labute approximate surface area is 308 Å². The summed E-state index contributed by atoms with van der Waals surface area (Å²) in [6.07, 6.45) is 39.3. The molecule has 1 amide bonds. The minimum absolute atomic E-state index is 0.0548. The number of rotatable bonds is 36. The Bertz CT molecular complexity index is 917. The van der Waals surface area contributed by atoms with Gasteiger partial charge in [-0.3, -0.25) is 13.8 Å². The zero-order chi connectivity index (χ0) is 37.2. The number of amides is 1. The number of quaternary nitrogens is 1. The lowest BCUT2D eigenvalue weighted by Gasteiger charge is -2.25. The molecule has 0 aliphatic rings. The third-order valence-corrected chi connectivity index (χ3v) is 9.82. The average Bonchev–Trinajstić information content (AvgIpc) is 3.06. The summed E-state index contributed by atoms with van der Waals surface area (Å²) in [5.74, 6) is -0.195. The number of nitrogens with zero attached hydrogens (tertiary/aromatic N) is 1. The van der Waals surface area contributed by atoms with Crippen molar-refractivity contribution in [3.05, 3.63) is 36.5 Å². The number of carbonyl (C=O) groups excluding carboxylic acids is 1. The number of carbonyl (C=O) groups is 1. The van der Waals surface area contributed by atoms with Gasteiger partial charge in [-0.2, -0.15) is 0 Å². The molecule has 8 nitrogen and oxygen atoms in total. The van der Waals surface area contributed by atoms with E-state index in [-0.39, 0.29) is 19.1 Å². The van der Waals surface area contributed by atoms with E-state index in [0.29, 0.717) is 17.4 Å². The number of hydrogen-bond donors (Lipinski definition) is 3. The first-order valence-corrected chi connectivity index (χ1v) is 21.9. The zero-order valence-electron chi connectivity index (χ0n) is 33.1. The summed E-state index contributed by atoms with van der Waals surface area (Å²) in [5, 5.41) is 13.7. The van der Waals surface area contributed by atoms with Crippen molar-refractivity contribution >= 4 is 13.7 Å². The second kappa shape index (κ2) is 33.5. The molecule has 0 spiro atoms.